The van der Waals surface area contributed by atoms with Gasteiger partial charge in [0.05, 0.1) is 29.0 Å². The second-order valence-corrected chi connectivity index (χ2v) is 7.12. The van der Waals surface area contributed by atoms with E-state index in [2.05, 4.69) is 15.5 Å². The van der Waals surface area contributed by atoms with Crippen molar-refractivity contribution in [1.29, 1.82) is 0 Å². The average molecular weight is 368 g/mol. The van der Waals surface area contributed by atoms with E-state index in [1.807, 2.05) is 56.3 Å². The number of nitrogens with zero attached hydrogens (tertiary/aromatic N) is 2. The molecule has 0 aliphatic carbocycles. The minimum Gasteiger partial charge on any atom is -0.491 e. The number of nitrogen functional groups attached to an aromatic ring is 1. The molecule has 0 saturated heterocycles. The van der Waals surface area contributed by atoms with Crippen LogP contribution >= 0.6 is 11.3 Å². The largest absolute Gasteiger partial charge is 0.491 e. The summed E-state index contributed by atoms with van der Waals surface area (Å²) in [6.07, 6.45) is 1.98. The molecule has 0 bridgehead atoms. The Kier molecular flexibility index (Phi) is 5.48. The van der Waals surface area contributed by atoms with Gasteiger partial charge in [0.15, 0.2) is 5.13 Å². The number of benzene rings is 2. The van der Waals surface area contributed by atoms with E-state index in [4.69, 9.17) is 10.5 Å². The lowest BCUT2D eigenvalue weighted by molar-refractivity contribution is -0.120. The zero-order chi connectivity index (χ0) is 18.5. The first kappa shape index (κ1) is 17.9. The minimum atomic E-state index is -0.183. The number of thiazole rings is 1. The van der Waals surface area contributed by atoms with E-state index in [1.54, 1.807) is 6.21 Å². The molecule has 2 aromatic carbocycles. The van der Waals surface area contributed by atoms with Gasteiger partial charge in [0, 0.05) is 0 Å². The Bertz CT molecular complexity index is 932. The molecule has 3 N–H and O–H groups in total. The number of carbonyl (C=O) groups excluding carboxylic acids is 1. The molecular weight excluding hydrogens is 348 g/mol. The van der Waals surface area contributed by atoms with Gasteiger partial charge >= 0.3 is 0 Å². The number of hydrogen-bond donors (Lipinski definition) is 2. The van der Waals surface area contributed by atoms with Crippen molar-refractivity contribution in [2.45, 2.75) is 26.4 Å². The molecule has 1 aromatic heterocycles. The third kappa shape index (κ3) is 4.80. The van der Waals surface area contributed by atoms with Gasteiger partial charge in [-0.25, -0.2) is 10.4 Å². The number of nitrogens with one attached hydrogen (secondary N) is 1. The first-order valence-electron chi connectivity index (χ1n) is 8.23. The fourth-order valence-electron chi connectivity index (χ4n) is 2.41. The normalized spacial score (nSPS) is 11.3. The van der Waals surface area contributed by atoms with E-state index in [-0.39, 0.29) is 18.4 Å². The van der Waals surface area contributed by atoms with Gasteiger partial charge in [-0.1, -0.05) is 17.4 Å². The van der Waals surface area contributed by atoms with Gasteiger partial charge in [-0.05, 0) is 61.4 Å². The molecule has 1 amide bonds. The van der Waals surface area contributed by atoms with Crippen LogP contribution in [0.4, 0.5) is 5.13 Å². The van der Waals surface area contributed by atoms with Crippen molar-refractivity contribution in [2.24, 2.45) is 5.10 Å². The Morgan fingerprint density at radius 3 is 2.81 bits per heavy atom. The summed E-state index contributed by atoms with van der Waals surface area (Å²) in [5, 5.41) is 4.52. The number of ether oxygens (including phenoxy) is 1. The van der Waals surface area contributed by atoms with Crippen LogP contribution in [0.25, 0.3) is 10.2 Å². The lowest BCUT2D eigenvalue weighted by Gasteiger charge is -2.09. The first-order chi connectivity index (χ1) is 12.5. The van der Waals surface area contributed by atoms with Crippen molar-refractivity contribution < 1.29 is 9.53 Å². The van der Waals surface area contributed by atoms with E-state index in [0.29, 0.717) is 5.13 Å². The van der Waals surface area contributed by atoms with Crippen LogP contribution in [0, 0.1) is 0 Å². The molecule has 0 saturated carbocycles. The second-order valence-electron chi connectivity index (χ2n) is 6.06. The zero-order valence-corrected chi connectivity index (χ0v) is 15.4. The zero-order valence-electron chi connectivity index (χ0n) is 14.6. The van der Waals surface area contributed by atoms with Gasteiger partial charge in [-0.3, -0.25) is 4.79 Å². The second kappa shape index (κ2) is 7.97. The number of hydrogen-bond acceptors (Lipinski definition) is 6. The van der Waals surface area contributed by atoms with Crippen LogP contribution in [0.15, 0.2) is 47.6 Å². The van der Waals surface area contributed by atoms with Crippen molar-refractivity contribution in [3.63, 3.8) is 0 Å². The molecule has 0 atom stereocenters. The van der Waals surface area contributed by atoms with E-state index in [9.17, 15) is 4.79 Å². The number of hydrazone groups is 1. The summed E-state index contributed by atoms with van der Waals surface area (Å²) in [6.45, 7) is 3.96. The van der Waals surface area contributed by atoms with Crippen molar-refractivity contribution in [3.8, 4) is 5.75 Å². The van der Waals surface area contributed by atoms with Crippen LogP contribution in [0.1, 0.15) is 25.0 Å². The summed E-state index contributed by atoms with van der Waals surface area (Å²) in [4.78, 5) is 16.2. The van der Waals surface area contributed by atoms with E-state index in [1.165, 1.54) is 11.3 Å². The third-order valence-electron chi connectivity index (χ3n) is 3.49. The number of fused-ring (bicyclic) bond motifs is 1. The van der Waals surface area contributed by atoms with Crippen molar-refractivity contribution in [3.05, 3.63) is 53.6 Å². The molecule has 3 aromatic rings. The fraction of sp³-hybridized carbons (Fsp3) is 0.211. The highest BCUT2D eigenvalue weighted by atomic mass is 32.1. The van der Waals surface area contributed by atoms with Crippen molar-refractivity contribution in [1.82, 2.24) is 10.4 Å². The SMILES string of the molecule is CC(C)Oc1ccc(/C=N\NC(=O)Cc2ccc3nc(N)sc3c2)cc1. The average Bonchev–Trinajstić information content (AvgIpc) is 2.95. The Hall–Kier alpha value is -2.93. The maximum Gasteiger partial charge on any atom is 0.244 e. The Labute approximate surface area is 155 Å². The number of aromatic nitrogens is 1. The predicted octanol–water partition coefficient (Wildman–Crippen LogP) is 3.36. The van der Waals surface area contributed by atoms with Gasteiger partial charge < -0.3 is 10.5 Å². The lowest BCUT2D eigenvalue weighted by Crippen LogP contribution is -2.19. The van der Waals surface area contributed by atoms with Crippen LogP contribution in [0.5, 0.6) is 5.75 Å². The van der Waals surface area contributed by atoms with E-state index >= 15 is 0 Å². The molecule has 0 aliphatic heterocycles. The van der Waals surface area contributed by atoms with Crippen LogP contribution in [-0.2, 0) is 11.2 Å². The molecule has 0 unspecified atom stereocenters. The van der Waals surface area contributed by atoms with Crippen LogP contribution in [0.2, 0.25) is 0 Å². The molecule has 7 heteroatoms. The molecule has 0 aliphatic rings. The number of nitrogens with two attached hydrogens (primary N) is 1. The number of carbonyl (C=O) groups is 1. The minimum absolute atomic E-state index is 0.134. The van der Waals surface area contributed by atoms with Crippen LogP contribution in [-0.4, -0.2) is 23.2 Å². The first-order valence-corrected chi connectivity index (χ1v) is 9.05. The summed E-state index contributed by atoms with van der Waals surface area (Å²) in [6, 6.07) is 13.2. The molecule has 3 rings (SSSR count). The summed E-state index contributed by atoms with van der Waals surface area (Å²) in [5.74, 6) is 0.623. The Morgan fingerprint density at radius 2 is 2.08 bits per heavy atom. The van der Waals surface area contributed by atoms with Gasteiger partial charge in [0.2, 0.25) is 5.91 Å². The standard InChI is InChI=1S/C19H20N4O2S/c1-12(2)25-15-6-3-13(4-7-15)11-21-23-18(24)10-14-5-8-16-17(9-14)26-19(20)22-16/h3-9,11-12H,10H2,1-2H3,(H2,20,22)(H,23,24)/b21-11-. The summed E-state index contributed by atoms with van der Waals surface area (Å²) < 4.78 is 6.56. The quantitative estimate of drug-likeness (QED) is 0.516. The van der Waals surface area contributed by atoms with Gasteiger partial charge in [-0.2, -0.15) is 5.10 Å². The molecule has 134 valence electrons. The monoisotopic (exact) mass is 368 g/mol. The third-order valence-corrected chi connectivity index (χ3v) is 4.34. The lowest BCUT2D eigenvalue weighted by atomic mass is 10.1. The summed E-state index contributed by atoms with van der Waals surface area (Å²) in [7, 11) is 0. The molecule has 0 spiro atoms. The van der Waals surface area contributed by atoms with Gasteiger partial charge in [0.25, 0.3) is 0 Å². The highest BCUT2D eigenvalue weighted by Gasteiger charge is 2.06. The number of amides is 1. The topological polar surface area (TPSA) is 89.6 Å². The summed E-state index contributed by atoms with van der Waals surface area (Å²) in [5.41, 5.74) is 10.9. The highest BCUT2D eigenvalue weighted by Crippen LogP contribution is 2.24. The number of anilines is 1. The molecule has 6 nitrogen and oxygen atoms in total. The molecule has 0 radical (unpaired) electrons. The predicted molar refractivity (Wildman–Crippen MR) is 106 cm³/mol. The molecule has 0 fully saturated rings. The molecular formula is C19H20N4O2S. The van der Waals surface area contributed by atoms with E-state index < -0.39 is 0 Å². The maximum absolute atomic E-state index is 12.0. The van der Waals surface area contributed by atoms with Gasteiger partial charge in [0.1, 0.15) is 5.75 Å². The Morgan fingerprint density at radius 1 is 1.31 bits per heavy atom. The Balaban J connectivity index is 1.54. The smallest absolute Gasteiger partial charge is 0.244 e. The highest BCUT2D eigenvalue weighted by molar-refractivity contribution is 7.22. The molecule has 26 heavy (non-hydrogen) atoms. The van der Waals surface area contributed by atoms with Crippen molar-refractivity contribution >= 4 is 38.8 Å². The van der Waals surface area contributed by atoms with Crippen molar-refractivity contribution in [2.75, 3.05) is 5.73 Å². The fourth-order valence-corrected chi connectivity index (χ4v) is 3.20. The van der Waals surface area contributed by atoms with Crippen LogP contribution in [0.3, 0.4) is 0 Å². The van der Waals surface area contributed by atoms with Crippen LogP contribution < -0.4 is 15.9 Å². The number of rotatable bonds is 6. The van der Waals surface area contributed by atoms with E-state index in [0.717, 1.165) is 27.1 Å². The maximum atomic E-state index is 12.0. The molecule has 1 heterocycles. The van der Waals surface area contributed by atoms with Gasteiger partial charge in [-0.15, -0.1) is 0 Å². The summed E-state index contributed by atoms with van der Waals surface area (Å²) >= 11 is 1.41.